The maximum atomic E-state index is 12.0. The number of nitrogens with zero attached hydrogens (tertiary/aromatic N) is 1. The minimum absolute atomic E-state index is 0.224. The molecule has 2 amide bonds. The first-order chi connectivity index (χ1) is 12.8. The Labute approximate surface area is 166 Å². The van der Waals surface area contributed by atoms with Gasteiger partial charge < -0.3 is 14.8 Å². The second-order valence-corrected chi connectivity index (χ2v) is 6.13. The number of ether oxygens (including phenoxy) is 2. The zero-order valence-corrected chi connectivity index (χ0v) is 16.3. The van der Waals surface area contributed by atoms with Crippen LogP contribution in [0.1, 0.15) is 12.5 Å². The van der Waals surface area contributed by atoms with Crippen molar-refractivity contribution >= 4 is 46.4 Å². The van der Waals surface area contributed by atoms with Crippen LogP contribution in [0.5, 0.6) is 11.5 Å². The molecule has 0 unspecified atom stereocenters. The number of amides is 2. The standard InChI is InChI=1S/C18H17Cl2N3O4/c1-10(13-6-5-12(26-2)9-16(13)27-3)22-23-18(25)17(24)21-15-8-11(19)4-7-14(15)20/h4-9H,1-3H3,(H,21,24)(H,23,25)/b22-10+. The van der Waals surface area contributed by atoms with Gasteiger partial charge in [-0.15, -0.1) is 0 Å². The lowest BCUT2D eigenvalue weighted by atomic mass is 10.1. The Morgan fingerprint density at radius 2 is 1.74 bits per heavy atom. The van der Waals surface area contributed by atoms with Crippen molar-refractivity contribution in [2.24, 2.45) is 5.10 Å². The molecule has 0 heterocycles. The third-order valence-electron chi connectivity index (χ3n) is 3.51. The van der Waals surface area contributed by atoms with E-state index in [9.17, 15) is 9.59 Å². The molecular formula is C18H17Cl2N3O4. The van der Waals surface area contributed by atoms with Crippen LogP contribution >= 0.6 is 23.2 Å². The monoisotopic (exact) mass is 409 g/mol. The molecule has 0 atom stereocenters. The fourth-order valence-electron chi connectivity index (χ4n) is 2.12. The summed E-state index contributed by atoms with van der Waals surface area (Å²) in [6.07, 6.45) is 0. The fourth-order valence-corrected chi connectivity index (χ4v) is 2.45. The van der Waals surface area contributed by atoms with Crippen molar-refractivity contribution in [2.75, 3.05) is 19.5 Å². The van der Waals surface area contributed by atoms with E-state index >= 15 is 0 Å². The van der Waals surface area contributed by atoms with Crippen LogP contribution in [0.3, 0.4) is 0 Å². The van der Waals surface area contributed by atoms with Crippen molar-refractivity contribution in [1.29, 1.82) is 0 Å². The Hall–Kier alpha value is -2.77. The number of hydrazone groups is 1. The van der Waals surface area contributed by atoms with E-state index in [4.69, 9.17) is 32.7 Å². The molecule has 2 aromatic rings. The van der Waals surface area contributed by atoms with Gasteiger partial charge in [0.25, 0.3) is 0 Å². The number of hydrogen-bond acceptors (Lipinski definition) is 5. The van der Waals surface area contributed by atoms with Gasteiger partial charge in [0.15, 0.2) is 0 Å². The molecule has 7 nitrogen and oxygen atoms in total. The van der Waals surface area contributed by atoms with Gasteiger partial charge >= 0.3 is 11.8 Å². The minimum atomic E-state index is -0.960. The third kappa shape index (κ3) is 5.35. The van der Waals surface area contributed by atoms with Gasteiger partial charge in [0.1, 0.15) is 11.5 Å². The van der Waals surface area contributed by atoms with Crippen molar-refractivity contribution in [2.45, 2.75) is 6.92 Å². The summed E-state index contributed by atoms with van der Waals surface area (Å²) in [5.74, 6) is -0.763. The first-order valence-corrected chi connectivity index (χ1v) is 8.44. The maximum Gasteiger partial charge on any atom is 0.329 e. The van der Waals surface area contributed by atoms with Gasteiger partial charge in [-0.05, 0) is 37.3 Å². The number of benzene rings is 2. The van der Waals surface area contributed by atoms with E-state index in [0.717, 1.165) is 0 Å². The van der Waals surface area contributed by atoms with Crippen molar-refractivity contribution in [3.63, 3.8) is 0 Å². The largest absolute Gasteiger partial charge is 0.497 e. The molecule has 9 heteroatoms. The number of carbonyl (C=O) groups excluding carboxylic acids is 2. The zero-order chi connectivity index (χ0) is 20.0. The van der Waals surface area contributed by atoms with Crippen molar-refractivity contribution in [3.8, 4) is 11.5 Å². The Bertz CT molecular complexity index is 900. The van der Waals surface area contributed by atoms with Gasteiger partial charge in [-0.25, -0.2) is 5.43 Å². The molecule has 0 radical (unpaired) electrons. The molecule has 2 N–H and O–H groups in total. The van der Waals surface area contributed by atoms with E-state index < -0.39 is 11.8 Å². The molecule has 0 aromatic heterocycles. The van der Waals surface area contributed by atoms with Crippen LogP contribution in [0, 0.1) is 0 Å². The van der Waals surface area contributed by atoms with Gasteiger partial charge in [0.2, 0.25) is 0 Å². The number of rotatable bonds is 5. The second kappa shape index (κ2) is 9.25. The first-order valence-electron chi connectivity index (χ1n) is 7.68. The minimum Gasteiger partial charge on any atom is -0.497 e. The maximum absolute atomic E-state index is 12.0. The normalized spacial score (nSPS) is 10.9. The van der Waals surface area contributed by atoms with Crippen LogP contribution in [0.15, 0.2) is 41.5 Å². The predicted molar refractivity (Wildman–Crippen MR) is 105 cm³/mol. The molecule has 27 heavy (non-hydrogen) atoms. The van der Waals surface area contributed by atoms with Crippen LogP contribution in [-0.2, 0) is 9.59 Å². The summed E-state index contributed by atoms with van der Waals surface area (Å²) in [6.45, 7) is 1.66. The number of nitrogens with one attached hydrogen (secondary N) is 2. The van der Waals surface area contributed by atoms with Gasteiger partial charge in [0.05, 0.1) is 30.6 Å². The van der Waals surface area contributed by atoms with Crippen LogP contribution in [0.2, 0.25) is 10.0 Å². The number of methoxy groups -OCH3 is 2. The highest BCUT2D eigenvalue weighted by Gasteiger charge is 2.16. The van der Waals surface area contributed by atoms with E-state index in [0.29, 0.717) is 27.8 Å². The molecule has 142 valence electrons. The molecule has 2 aromatic carbocycles. The van der Waals surface area contributed by atoms with Crippen molar-refractivity contribution in [3.05, 3.63) is 52.0 Å². The lowest BCUT2D eigenvalue weighted by Gasteiger charge is -2.10. The molecule has 0 saturated carbocycles. The van der Waals surface area contributed by atoms with Crippen LogP contribution in [0.4, 0.5) is 5.69 Å². The molecule has 0 fully saturated rings. The highest BCUT2D eigenvalue weighted by molar-refractivity contribution is 6.42. The van der Waals surface area contributed by atoms with E-state index in [1.54, 1.807) is 38.3 Å². The molecular weight excluding hydrogens is 393 g/mol. The quantitative estimate of drug-likeness (QED) is 0.449. The Morgan fingerprint density at radius 3 is 2.41 bits per heavy atom. The summed E-state index contributed by atoms with van der Waals surface area (Å²) in [5.41, 5.74) is 3.49. The zero-order valence-electron chi connectivity index (χ0n) is 14.8. The van der Waals surface area contributed by atoms with Crippen LogP contribution in [0.25, 0.3) is 0 Å². The van der Waals surface area contributed by atoms with Crippen LogP contribution < -0.4 is 20.2 Å². The van der Waals surface area contributed by atoms with Gasteiger partial charge in [0, 0.05) is 16.7 Å². The van der Waals surface area contributed by atoms with E-state index in [1.807, 2.05) is 0 Å². The van der Waals surface area contributed by atoms with Gasteiger partial charge in [-0.2, -0.15) is 5.10 Å². The van der Waals surface area contributed by atoms with Gasteiger partial charge in [-0.1, -0.05) is 23.2 Å². The lowest BCUT2D eigenvalue weighted by molar-refractivity contribution is -0.136. The summed E-state index contributed by atoms with van der Waals surface area (Å²) >= 11 is 11.8. The first kappa shape index (κ1) is 20.5. The van der Waals surface area contributed by atoms with E-state index in [2.05, 4.69) is 15.8 Å². The lowest BCUT2D eigenvalue weighted by Crippen LogP contribution is -2.33. The van der Waals surface area contributed by atoms with E-state index in [1.165, 1.54) is 19.2 Å². The summed E-state index contributed by atoms with van der Waals surface area (Å²) in [5, 5.41) is 6.94. The summed E-state index contributed by atoms with van der Waals surface area (Å²) < 4.78 is 10.4. The average molecular weight is 410 g/mol. The van der Waals surface area contributed by atoms with Gasteiger partial charge in [-0.3, -0.25) is 9.59 Å². The fraction of sp³-hybridized carbons (Fsp3) is 0.167. The highest BCUT2D eigenvalue weighted by Crippen LogP contribution is 2.26. The number of hydrogen-bond donors (Lipinski definition) is 2. The highest BCUT2D eigenvalue weighted by atomic mass is 35.5. The Morgan fingerprint density at radius 1 is 1.00 bits per heavy atom. The second-order valence-electron chi connectivity index (χ2n) is 5.28. The Kier molecular flexibility index (Phi) is 7.04. The molecule has 0 aliphatic carbocycles. The molecule has 0 bridgehead atoms. The van der Waals surface area contributed by atoms with E-state index in [-0.39, 0.29) is 10.7 Å². The van der Waals surface area contributed by atoms with Crippen molar-refractivity contribution < 1.29 is 19.1 Å². The summed E-state index contributed by atoms with van der Waals surface area (Å²) in [6, 6.07) is 9.65. The third-order valence-corrected chi connectivity index (χ3v) is 4.07. The van der Waals surface area contributed by atoms with Crippen molar-refractivity contribution in [1.82, 2.24) is 5.43 Å². The Balaban J connectivity index is 2.09. The number of carbonyl (C=O) groups is 2. The predicted octanol–water partition coefficient (Wildman–Crippen LogP) is 3.49. The smallest absolute Gasteiger partial charge is 0.329 e. The number of halogens is 2. The molecule has 0 spiro atoms. The molecule has 0 aliphatic heterocycles. The number of anilines is 1. The summed E-state index contributed by atoms with van der Waals surface area (Å²) in [4.78, 5) is 24.0. The topological polar surface area (TPSA) is 89.0 Å². The van der Waals surface area contributed by atoms with Crippen LogP contribution in [-0.4, -0.2) is 31.7 Å². The summed E-state index contributed by atoms with van der Waals surface area (Å²) in [7, 11) is 3.05. The average Bonchev–Trinajstić information content (AvgIpc) is 2.67. The molecule has 0 aliphatic rings. The SMILES string of the molecule is COc1ccc(/C(C)=N/NC(=O)C(=O)Nc2cc(Cl)ccc2Cl)c(OC)c1. The molecule has 0 saturated heterocycles. The molecule has 2 rings (SSSR count).